The van der Waals surface area contributed by atoms with Gasteiger partial charge in [-0.1, -0.05) is 6.07 Å². The van der Waals surface area contributed by atoms with Crippen LogP contribution in [0.25, 0.3) is 0 Å². The van der Waals surface area contributed by atoms with Crippen LogP contribution in [-0.2, 0) is 5.75 Å². The highest BCUT2D eigenvalue weighted by atomic mass is 35.5. The summed E-state index contributed by atoms with van der Waals surface area (Å²) in [5, 5.41) is -0.186. The monoisotopic (exact) mass is 264 g/mol. The molecular weight excluding hydrogens is 256 g/mol. The second-order valence-electron chi connectivity index (χ2n) is 3.81. The molecule has 1 aliphatic rings. The van der Waals surface area contributed by atoms with Gasteiger partial charge in [-0.3, -0.25) is 9.78 Å². The molecule has 5 heteroatoms. The molecule has 0 aromatic carbocycles. The zero-order chi connectivity index (χ0) is 11.8. The van der Waals surface area contributed by atoms with E-state index in [0.717, 1.165) is 17.0 Å². The molecule has 1 aliphatic heterocycles. The van der Waals surface area contributed by atoms with Crippen molar-refractivity contribution in [2.75, 3.05) is 0 Å². The van der Waals surface area contributed by atoms with E-state index in [1.165, 1.54) is 0 Å². The summed E-state index contributed by atoms with van der Waals surface area (Å²) in [7, 11) is 0. The van der Waals surface area contributed by atoms with Crippen LogP contribution in [0, 0.1) is 0 Å². The Bertz CT molecular complexity index is 567. The van der Waals surface area contributed by atoms with Crippen LogP contribution in [0.1, 0.15) is 27.0 Å². The number of thioether (sulfide) groups is 1. The Labute approximate surface area is 108 Å². The number of halogens is 1. The van der Waals surface area contributed by atoms with Crippen LogP contribution in [0.5, 0.6) is 0 Å². The largest absolute Gasteiger partial charge is 0.333 e. The van der Waals surface area contributed by atoms with E-state index in [0.29, 0.717) is 5.56 Å². The molecule has 0 amide bonds. The summed E-state index contributed by atoms with van der Waals surface area (Å²) >= 11 is 7.32. The minimum atomic E-state index is -0.383. The van der Waals surface area contributed by atoms with E-state index in [1.807, 2.05) is 24.5 Å². The molecule has 3 nitrogen and oxygen atoms in total. The fourth-order valence-corrected chi connectivity index (χ4v) is 3.53. The second-order valence-corrected chi connectivity index (χ2v) is 5.22. The van der Waals surface area contributed by atoms with E-state index >= 15 is 0 Å². The van der Waals surface area contributed by atoms with Crippen molar-refractivity contribution in [3.63, 3.8) is 0 Å². The summed E-state index contributed by atoms with van der Waals surface area (Å²) in [5.41, 5.74) is 2.76. The Hall–Kier alpha value is -1.26. The normalized spacial score (nSPS) is 18.1. The number of hydrogen-bond acceptors (Lipinski definition) is 3. The summed E-state index contributed by atoms with van der Waals surface area (Å²) < 4.78 is 2.09. The highest BCUT2D eigenvalue weighted by Gasteiger charge is 2.27. The predicted molar refractivity (Wildman–Crippen MR) is 68.3 cm³/mol. The Morgan fingerprint density at radius 1 is 1.53 bits per heavy atom. The van der Waals surface area contributed by atoms with Crippen LogP contribution in [0.3, 0.4) is 0 Å². The molecule has 0 radical (unpaired) electrons. The Kier molecular flexibility index (Phi) is 2.68. The van der Waals surface area contributed by atoms with Crippen LogP contribution in [0.15, 0.2) is 36.8 Å². The molecule has 17 heavy (non-hydrogen) atoms. The Morgan fingerprint density at radius 2 is 2.41 bits per heavy atom. The quantitative estimate of drug-likeness (QED) is 0.782. The molecule has 0 saturated heterocycles. The molecule has 2 aromatic heterocycles. The highest BCUT2D eigenvalue weighted by molar-refractivity contribution is 7.99. The number of rotatable bonds is 2. The maximum atomic E-state index is 11.2. The van der Waals surface area contributed by atoms with Crippen LogP contribution in [0.4, 0.5) is 0 Å². The van der Waals surface area contributed by atoms with Gasteiger partial charge in [-0.2, -0.15) is 0 Å². The molecule has 0 N–H and O–H groups in total. The predicted octanol–water partition coefficient (Wildman–Crippen LogP) is 3.06. The van der Waals surface area contributed by atoms with Gasteiger partial charge in [-0.25, -0.2) is 0 Å². The zero-order valence-electron chi connectivity index (χ0n) is 8.84. The van der Waals surface area contributed by atoms with E-state index in [-0.39, 0.29) is 10.6 Å². The Balaban J connectivity index is 2.03. The van der Waals surface area contributed by atoms with Gasteiger partial charge in [0, 0.05) is 35.6 Å². The number of pyridine rings is 1. The van der Waals surface area contributed by atoms with Crippen LogP contribution < -0.4 is 0 Å². The van der Waals surface area contributed by atoms with E-state index < -0.39 is 0 Å². The number of hydrogen-bond donors (Lipinski definition) is 0. The van der Waals surface area contributed by atoms with Crippen molar-refractivity contribution in [3.05, 3.63) is 53.6 Å². The number of carbonyl (C=O) groups is 1. The third-order valence-corrected chi connectivity index (χ3v) is 4.30. The van der Waals surface area contributed by atoms with E-state index in [2.05, 4.69) is 9.55 Å². The van der Waals surface area contributed by atoms with Crippen molar-refractivity contribution in [1.82, 2.24) is 9.55 Å². The molecule has 0 saturated carbocycles. The second kappa shape index (κ2) is 4.20. The first-order chi connectivity index (χ1) is 8.27. The van der Waals surface area contributed by atoms with Crippen molar-refractivity contribution < 1.29 is 4.79 Å². The maximum absolute atomic E-state index is 11.2. The fourth-order valence-electron chi connectivity index (χ4n) is 2.05. The van der Waals surface area contributed by atoms with Gasteiger partial charge in [0.2, 0.25) is 0 Å². The summed E-state index contributed by atoms with van der Waals surface area (Å²) in [4.78, 5) is 15.4. The van der Waals surface area contributed by atoms with Gasteiger partial charge in [-0.15, -0.1) is 11.8 Å². The van der Waals surface area contributed by atoms with E-state index in [4.69, 9.17) is 11.6 Å². The lowest BCUT2D eigenvalue weighted by Gasteiger charge is -2.11. The lowest BCUT2D eigenvalue weighted by atomic mass is 10.2. The van der Waals surface area contributed by atoms with Crippen LogP contribution in [-0.4, -0.2) is 14.8 Å². The van der Waals surface area contributed by atoms with Gasteiger partial charge < -0.3 is 4.57 Å². The molecule has 1 unspecified atom stereocenters. The molecule has 1 atom stereocenters. The first kappa shape index (κ1) is 10.9. The number of aromatic nitrogens is 2. The molecule has 0 aliphatic carbocycles. The van der Waals surface area contributed by atoms with Crippen molar-refractivity contribution in [1.29, 1.82) is 0 Å². The molecule has 3 rings (SSSR count). The molecule has 86 valence electrons. The SMILES string of the molecule is O=C(Cl)c1ccn2c1CSC2c1cccnc1. The van der Waals surface area contributed by atoms with Crippen molar-refractivity contribution in [3.8, 4) is 0 Å². The fraction of sp³-hybridized carbons (Fsp3) is 0.167. The zero-order valence-corrected chi connectivity index (χ0v) is 10.4. The highest BCUT2D eigenvalue weighted by Crippen LogP contribution is 2.41. The van der Waals surface area contributed by atoms with Gasteiger partial charge in [0.15, 0.2) is 0 Å². The molecule has 3 heterocycles. The summed E-state index contributed by atoms with van der Waals surface area (Å²) in [5.74, 6) is 0.806. The minimum absolute atomic E-state index is 0.198. The van der Waals surface area contributed by atoms with Crippen LogP contribution >= 0.6 is 23.4 Å². The first-order valence-electron chi connectivity index (χ1n) is 5.18. The van der Waals surface area contributed by atoms with Crippen molar-refractivity contribution >= 4 is 28.6 Å². The topological polar surface area (TPSA) is 34.9 Å². The number of fused-ring (bicyclic) bond motifs is 1. The third kappa shape index (κ3) is 1.77. The summed E-state index contributed by atoms with van der Waals surface area (Å²) in [6.45, 7) is 0. The summed E-state index contributed by atoms with van der Waals surface area (Å²) in [6.07, 6.45) is 5.53. The number of nitrogens with zero attached hydrogens (tertiary/aromatic N) is 2. The average molecular weight is 265 g/mol. The van der Waals surface area contributed by atoms with Gasteiger partial charge in [0.05, 0.1) is 5.56 Å². The van der Waals surface area contributed by atoms with Gasteiger partial charge >= 0.3 is 0 Å². The standard InChI is InChI=1S/C12H9ClN2OS/c13-11(16)9-3-5-15-10(9)7-17-12(15)8-2-1-4-14-6-8/h1-6,12H,7H2. The third-order valence-electron chi connectivity index (χ3n) is 2.84. The van der Waals surface area contributed by atoms with Crippen LogP contribution in [0.2, 0.25) is 0 Å². The molecule has 0 spiro atoms. The van der Waals surface area contributed by atoms with E-state index in [9.17, 15) is 4.79 Å². The van der Waals surface area contributed by atoms with Gasteiger partial charge in [0.25, 0.3) is 5.24 Å². The minimum Gasteiger partial charge on any atom is -0.333 e. The molecular formula is C12H9ClN2OS. The molecule has 2 aromatic rings. The van der Waals surface area contributed by atoms with E-state index in [1.54, 1.807) is 24.0 Å². The van der Waals surface area contributed by atoms with Crippen molar-refractivity contribution in [2.24, 2.45) is 0 Å². The summed E-state index contributed by atoms with van der Waals surface area (Å²) in [6, 6.07) is 5.75. The first-order valence-corrected chi connectivity index (χ1v) is 6.61. The lowest BCUT2D eigenvalue weighted by Crippen LogP contribution is -2.02. The smallest absolute Gasteiger partial charge is 0.254 e. The maximum Gasteiger partial charge on any atom is 0.254 e. The Morgan fingerprint density at radius 3 is 3.12 bits per heavy atom. The van der Waals surface area contributed by atoms with Gasteiger partial charge in [-0.05, 0) is 23.7 Å². The molecule has 0 bridgehead atoms. The molecule has 0 fully saturated rings. The number of carbonyl (C=O) groups excluding carboxylic acids is 1. The lowest BCUT2D eigenvalue weighted by molar-refractivity contribution is 0.108. The van der Waals surface area contributed by atoms with Crippen molar-refractivity contribution in [2.45, 2.75) is 11.1 Å². The van der Waals surface area contributed by atoms with Gasteiger partial charge in [0.1, 0.15) is 5.37 Å². The average Bonchev–Trinajstić information content (AvgIpc) is 2.89.